The van der Waals surface area contributed by atoms with Gasteiger partial charge < -0.3 is 24.6 Å². The average molecular weight is 573 g/mol. The Kier molecular flexibility index (Phi) is 11.5. The zero-order chi connectivity index (χ0) is 29.3. The van der Waals surface area contributed by atoms with Gasteiger partial charge in [-0.3, -0.25) is 14.7 Å². The van der Waals surface area contributed by atoms with Crippen LogP contribution in [-0.2, 0) is 19.1 Å². The maximum Gasteiger partial charge on any atom is 0.490 e. The highest BCUT2D eigenvalue weighted by Gasteiger charge is 2.42. The number of aromatic nitrogens is 1. The third-order valence-electron chi connectivity index (χ3n) is 6.35. The third-order valence-corrected chi connectivity index (χ3v) is 6.35. The first kappa shape index (κ1) is 32.2. The zero-order valence-corrected chi connectivity index (χ0v) is 20.7. The molecule has 0 aromatic carbocycles. The van der Waals surface area contributed by atoms with E-state index >= 15 is 0 Å². The van der Waals surface area contributed by atoms with Crippen molar-refractivity contribution in [3.63, 3.8) is 0 Å². The number of nitrogens with zero attached hydrogens (tertiary/aromatic N) is 3. The smallest absolute Gasteiger partial charge is 0.475 e. The summed E-state index contributed by atoms with van der Waals surface area (Å²) in [6.45, 7) is 5.87. The SMILES string of the molecule is O=C(O)C(F)(F)F.O=C(O)C(F)(F)F.O=C(c1cccnc1)N1CCOC2(CCN(C3CCOCC3)CC2)C1. The summed E-state index contributed by atoms with van der Waals surface area (Å²) in [6, 6.07) is 4.31. The molecule has 3 fully saturated rings. The Morgan fingerprint density at radius 3 is 1.92 bits per heavy atom. The van der Waals surface area contributed by atoms with E-state index < -0.39 is 24.3 Å². The Hall–Kier alpha value is -2.98. The first-order valence-electron chi connectivity index (χ1n) is 11.9. The number of aliphatic carboxylic acids is 2. The van der Waals surface area contributed by atoms with Gasteiger partial charge in [0, 0.05) is 51.3 Å². The molecule has 16 heteroatoms. The lowest BCUT2D eigenvalue weighted by Crippen LogP contribution is -2.59. The van der Waals surface area contributed by atoms with Crippen LogP contribution in [-0.4, -0.2) is 113 Å². The molecule has 0 bridgehead atoms. The van der Waals surface area contributed by atoms with Crippen molar-refractivity contribution in [3.05, 3.63) is 30.1 Å². The summed E-state index contributed by atoms with van der Waals surface area (Å²) in [4.78, 5) is 39.2. The van der Waals surface area contributed by atoms with Crippen LogP contribution in [0.5, 0.6) is 0 Å². The molecule has 0 saturated carbocycles. The molecule has 4 heterocycles. The number of amides is 1. The molecule has 2 N–H and O–H groups in total. The molecule has 220 valence electrons. The van der Waals surface area contributed by atoms with Crippen molar-refractivity contribution in [3.8, 4) is 0 Å². The van der Waals surface area contributed by atoms with Crippen molar-refractivity contribution in [1.82, 2.24) is 14.8 Å². The summed E-state index contributed by atoms with van der Waals surface area (Å²) < 4.78 is 75.2. The first-order chi connectivity index (χ1) is 18.1. The van der Waals surface area contributed by atoms with Gasteiger partial charge >= 0.3 is 24.3 Å². The molecular formula is C23H29F6N3O7. The first-order valence-corrected chi connectivity index (χ1v) is 11.9. The molecule has 1 amide bonds. The number of rotatable bonds is 2. The van der Waals surface area contributed by atoms with Gasteiger partial charge in [-0.25, -0.2) is 9.59 Å². The van der Waals surface area contributed by atoms with E-state index in [-0.39, 0.29) is 11.5 Å². The van der Waals surface area contributed by atoms with Crippen LogP contribution in [0.1, 0.15) is 36.0 Å². The molecule has 1 spiro atoms. The van der Waals surface area contributed by atoms with E-state index in [1.165, 1.54) is 0 Å². The lowest BCUT2D eigenvalue weighted by atomic mass is 9.87. The van der Waals surface area contributed by atoms with Crippen LogP contribution in [0, 0.1) is 0 Å². The van der Waals surface area contributed by atoms with Crippen LogP contribution in [0.25, 0.3) is 0 Å². The Labute approximate surface area is 219 Å². The van der Waals surface area contributed by atoms with Crippen molar-refractivity contribution < 1.29 is 60.4 Å². The van der Waals surface area contributed by atoms with E-state index in [1.807, 2.05) is 17.0 Å². The second-order valence-electron chi connectivity index (χ2n) is 8.99. The van der Waals surface area contributed by atoms with E-state index in [2.05, 4.69) is 9.88 Å². The van der Waals surface area contributed by atoms with Crippen LogP contribution in [0.4, 0.5) is 26.3 Å². The number of carbonyl (C=O) groups excluding carboxylic acids is 1. The van der Waals surface area contributed by atoms with Crippen LogP contribution in [0.15, 0.2) is 24.5 Å². The number of likely N-dealkylation sites (tertiary alicyclic amines) is 1. The number of carboxylic acid groups (broad SMARTS) is 2. The molecule has 0 unspecified atom stereocenters. The monoisotopic (exact) mass is 573 g/mol. The predicted octanol–water partition coefficient (Wildman–Crippen LogP) is 2.83. The topological polar surface area (TPSA) is 129 Å². The number of alkyl halides is 6. The fourth-order valence-electron chi connectivity index (χ4n) is 4.34. The predicted molar refractivity (Wildman–Crippen MR) is 121 cm³/mol. The number of hydrogen-bond acceptors (Lipinski definition) is 7. The van der Waals surface area contributed by atoms with Gasteiger partial charge in [0.05, 0.1) is 24.3 Å². The van der Waals surface area contributed by atoms with Gasteiger partial charge in [-0.05, 0) is 37.8 Å². The number of morpholine rings is 1. The molecule has 1 aromatic rings. The van der Waals surface area contributed by atoms with E-state index in [4.69, 9.17) is 29.3 Å². The molecule has 4 rings (SSSR count). The van der Waals surface area contributed by atoms with Crippen LogP contribution >= 0.6 is 0 Å². The molecule has 3 aliphatic heterocycles. The molecular weight excluding hydrogens is 544 g/mol. The fraction of sp³-hybridized carbons (Fsp3) is 0.652. The Balaban J connectivity index is 0.000000317. The number of halogens is 6. The van der Waals surface area contributed by atoms with Crippen LogP contribution in [0.2, 0.25) is 0 Å². The second kappa shape index (κ2) is 13.9. The lowest BCUT2D eigenvalue weighted by molar-refractivity contribution is -0.193. The van der Waals surface area contributed by atoms with Gasteiger partial charge in [-0.15, -0.1) is 0 Å². The van der Waals surface area contributed by atoms with Gasteiger partial charge in [0.2, 0.25) is 0 Å². The number of ether oxygens (including phenoxy) is 2. The van der Waals surface area contributed by atoms with Gasteiger partial charge in [0.15, 0.2) is 0 Å². The van der Waals surface area contributed by atoms with E-state index in [1.54, 1.807) is 12.4 Å². The average Bonchev–Trinajstić information content (AvgIpc) is 2.89. The summed E-state index contributed by atoms with van der Waals surface area (Å²) in [5.41, 5.74) is 0.497. The van der Waals surface area contributed by atoms with Crippen molar-refractivity contribution in [2.75, 3.05) is 46.0 Å². The molecule has 10 nitrogen and oxygen atoms in total. The maximum absolute atomic E-state index is 12.7. The standard InChI is InChI=1S/C19H27N3O3.2C2HF3O2/c23-18(16-2-1-7-20-14-16)22-10-13-25-19(15-22)5-8-21(9-6-19)17-3-11-24-12-4-17;2*3-2(4,5)1(6)7/h1-2,7,14,17H,3-6,8-13,15H2;2*(H,6,7). The summed E-state index contributed by atoms with van der Waals surface area (Å²) in [5, 5.41) is 14.2. The number of carbonyl (C=O) groups is 3. The van der Waals surface area contributed by atoms with Crippen molar-refractivity contribution in [2.24, 2.45) is 0 Å². The molecule has 0 aliphatic carbocycles. The largest absolute Gasteiger partial charge is 0.490 e. The quantitative estimate of drug-likeness (QED) is 0.513. The zero-order valence-electron chi connectivity index (χ0n) is 20.7. The number of carboxylic acids is 2. The Morgan fingerprint density at radius 2 is 1.46 bits per heavy atom. The van der Waals surface area contributed by atoms with Crippen LogP contribution < -0.4 is 0 Å². The molecule has 39 heavy (non-hydrogen) atoms. The molecule has 0 atom stereocenters. The molecule has 3 saturated heterocycles. The summed E-state index contributed by atoms with van der Waals surface area (Å²) >= 11 is 0. The van der Waals surface area contributed by atoms with Crippen LogP contribution in [0.3, 0.4) is 0 Å². The molecule has 1 aromatic heterocycles. The van der Waals surface area contributed by atoms with Gasteiger partial charge in [0.25, 0.3) is 5.91 Å². The Bertz CT molecular complexity index is 924. The normalized spacial score (nSPS) is 20.2. The third kappa shape index (κ3) is 10.3. The number of piperidine rings is 1. The highest BCUT2D eigenvalue weighted by atomic mass is 19.4. The van der Waals surface area contributed by atoms with Crippen molar-refractivity contribution >= 4 is 17.8 Å². The summed E-state index contributed by atoms with van der Waals surface area (Å²) in [6.07, 6.45) is -2.54. The maximum atomic E-state index is 12.7. The van der Waals surface area contributed by atoms with E-state index in [9.17, 15) is 31.1 Å². The highest BCUT2D eigenvalue weighted by molar-refractivity contribution is 5.94. The number of hydrogen-bond donors (Lipinski definition) is 2. The summed E-state index contributed by atoms with van der Waals surface area (Å²) in [5.74, 6) is -5.44. The van der Waals surface area contributed by atoms with Gasteiger partial charge in [-0.1, -0.05) is 0 Å². The van der Waals surface area contributed by atoms with E-state index in [0.717, 1.165) is 52.0 Å². The van der Waals surface area contributed by atoms with Gasteiger partial charge in [0.1, 0.15) is 0 Å². The minimum absolute atomic E-state index is 0.0719. The highest BCUT2D eigenvalue weighted by Crippen LogP contribution is 2.32. The second-order valence-corrected chi connectivity index (χ2v) is 8.99. The molecule has 3 aliphatic rings. The van der Waals surface area contributed by atoms with Gasteiger partial charge in [-0.2, -0.15) is 26.3 Å². The Morgan fingerprint density at radius 1 is 0.923 bits per heavy atom. The molecule has 0 radical (unpaired) electrons. The lowest BCUT2D eigenvalue weighted by Gasteiger charge is -2.49. The summed E-state index contributed by atoms with van der Waals surface area (Å²) in [7, 11) is 0. The minimum atomic E-state index is -5.08. The minimum Gasteiger partial charge on any atom is -0.475 e. The van der Waals surface area contributed by atoms with Crippen molar-refractivity contribution in [1.29, 1.82) is 0 Å². The fourth-order valence-corrected chi connectivity index (χ4v) is 4.34. The number of pyridine rings is 1. The van der Waals surface area contributed by atoms with Crippen molar-refractivity contribution in [2.45, 2.75) is 49.7 Å². The van der Waals surface area contributed by atoms with E-state index in [0.29, 0.717) is 31.3 Å².